The Balaban J connectivity index is 2.03. The van der Waals surface area contributed by atoms with E-state index >= 15 is 0 Å². The van der Waals surface area contributed by atoms with Crippen LogP contribution in [-0.2, 0) is 0 Å². The predicted molar refractivity (Wildman–Crippen MR) is 80.0 cm³/mol. The van der Waals surface area contributed by atoms with Crippen LogP contribution in [-0.4, -0.2) is 11.5 Å². The summed E-state index contributed by atoms with van der Waals surface area (Å²) >= 11 is 0. The molecule has 2 unspecified atom stereocenters. The monoisotopic (exact) mass is 254 g/mol. The zero-order valence-corrected chi connectivity index (χ0v) is 11.8. The molecule has 0 aliphatic heterocycles. The second-order valence-electron chi connectivity index (χ2n) is 5.68. The van der Waals surface area contributed by atoms with Crippen LogP contribution in [0.4, 0.5) is 0 Å². The number of pyridine rings is 1. The van der Waals surface area contributed by atoms with Gasteiger partial charge in [0.05, 0.1) is 0 Å². The molecule has 0 saturated heterocycles. The topological polar surface area (TPSA) is 24.9 Å². The van der Waals surface area contributed by atoms with Gasteiger partial charge in [0.15, 0.2) is 0 Å². The van der Waals surface area contributed by atoms with Crippen LogP contribution in [0.2, 0.25) is 0 Å². The van der Waals surface area contributed by atoms with E-state index in [1.54, 1.807) is 0 Å². The molecule has 1 fully saturated rings. The molecule has 1 aromatic heterocycles. The van der Waals surface area contributed by atoms with Crippen molar-refractivity contribution in [2.24, 2.45) is 11.8 Å². The number of aromatic nitrogens is 1. The van der Waals surface area contributed by atoms with E-state index in [0.717, 1.165) is 12.5 Å². The van der Waals surface area contributed by atoms with Crippen molar-refractivity contribution in [1.82, 2.24) is 10.3 Å². The van der Waals surface area contributed by atoms with Crippen molar-refractivity contribution >= 4 is 10.8 Å². The molecule has 0 spiro atoms. The molecule has 2 heteroatoms. The standard InChI is InChI=1S/C17H22N2/c1-3-19-17(12(2)13-8-9-13)16-11-18-10-14-6-4-5-7-15(14)16/h4-7,10-13,17,19H,3,8-9H2,1-2H3. The van der Waals surface area contributed by atoms with E-state index in [-0.39, 0.29) is 0 Å². The first-order chi connectivity index (χ1) is 9.31. The highest BCUT2D eigenvalue weighted by molar-refractivity contribution is 5.85. The molecule has 19 heavy (non-hydrogen) atoms. The van der Waals surface area contributed by atoms with Gasteiger partial charge >= 0.3 is 0 Å². The fraction of sp³-hybridized carbons (Fsp3) is 0.471. The van der Waals surface area contributed by atoms with Gasteiger partial charge in [0.25, 0.3) is 0 Å². The predicted octanol–water partition coefficient (Wildman–Crippen LogP) is 3.93. The fourth-order valence-corrected chi connectivity index (χ4v) is 3.08. The minimum absolute atomic E-state index is 0.427. The maximum absolute atomic E-state index is 4.44. The van der Waals surface area contributed by atoms with Crippen LogP contribution >= 0.6 is 0 Å². The highest BCUT2D eigenvalue weighted by Gasteiger charge is 2.34. The number of hydrogen-bond acceptors (Lipinski definition) is 2. The summed E-state index contributed by atoms with van der Waals surface area (Å²) in [4.78, 5) is 4.44. The zero-order chi connectivity index (χ0) is 13.2. The molecule has 0 amide bonds. The molecule has 1 aromatic carbocycles. The Labute approximate surface area is 115 Å². The Kier molecular flexibility index (Phi) is 3.52. The average molecular weight is 254 g/mol. The third-order valence-corrected chi connectivity index (χ3v) is 4.35. The van der Waals surface area contributed by atoms with E-state index in [1.165, 1.54) is 29.2 Å². The fourth-order valence-electron chi connectivity index (χ4n) is 3.08. The van der Waals surface area contributed by atoms with Crippen molar-refractivity contribution in [1.29, 1.82) is 0 Å². The molecule has 1 N–H and O–H groups in total. The first kappa shape index (κ1) is 12.6. The van der Waals surface area contributed by atoms with Crippen LogP contribution in [0.25, 0.3) is 10.8 Å². The number of nitrogens with one attached hydrogen (secondary N) is 1. The van der Waals surface area contributed by atoms with Gasteiger partial charge in [0.2, 0.25) is 0 Å². The van der Waals surface area contributed by atoms with Gasteiger partial charge in [0.1, 0.15) is 0 Å². The molecule has 0 radical (unpaired) electrons. The Bertz CT molecular complexity index is 555. The van der Waals surface area contributed by atoms with Crippen LogP contribution in [0, 0.1) is 11.8 Å². The molecular formula is C17H22N2. The molecule has 1 saturated carbocycles. The first-order valence-corrected chi connectivity index (χ1v) is 7.37. The van der Waals surface area contributed by atoms with Crippen molar-refractivity contribution in [3.63, 3.8) is 0 Å². The van der Waals surface area contributed by atoms with E-state index < -0.39 is 0 Å². The molecule has 100 valence electrons. The largest absolute Gasteiger partial charge is 0.310 e. The Hall–Kier alpha value is -1.41. The molecule has 1 aliphatic rings. The van der Waals surface area contributed by atoms with E-state index in [4.69, 9.17) is 0 Å². The van der Waals surface area contributed by atoms with Crippen molar-refractivity contribution in [3.05, 3.63) is 42.2 Å². The molecule has 0 bridgehead atoms. The normalized spacial score (nSPS) is 18.4. The summed E-state index contributed by atoms with van der Waals surface area (Å²) in [5, 5.41) is 6.26. The summed E-state index contributed by atoms with van der Waals surface area (Å²) in [7, 11) is 0. The number of fused-ring (bicyclic) bond motifs is 1. The van der Waals surface area contributed by atoms with Gasteiger partial charge in [-0.2, -0.15) is 0 Å². The maximum atomic E-state index is 4.44. The molecule has 2 nitrogen and oxygen atoms in total. The summed E-state index contributed by atoms with van der Waals surface area (Å²) in [6.45, 7) is 5.57. The zero-order valence-electron chi connectivity index (χ0n) is 11.8. The van der Waals surface area contributed by atoms with Crippen molar-refractivity contribution in [3.8, 4) is 0 Å². The van der Waals surface area contributed by atoms with Crippen molar-refractivity contribution in [2.75, 3.05) is 6.54 Å². The van der Waals surface area contributed by atoms with Crippen LogP contribution < -0.4 is 5.32 Å². The molecule has 2 atom stereocenters. The Morgan fingerprint density at radius 3 is 2.79 bits per heavy atom. The molecule has 2 aromatic rings. The number of benzene rings is 1. The van der Waals surface area contributed by atoms with Crippen LogP contribution in [0.3, 0.4) is 0 Å². The lowest BCUT2D eigenvalue weighted by molar-refractivity contribution is 0.356. The van der Waals surface area contributed by atoms with Crippen molar-refractivity contribution < 1.29 is 0 Å². The van der Waals surface area contributed by atoms with Crippen LogP contribution in [0.15, 0.2) is 36.7 Å². The minimum atomic E-state index is 0.427. The second-order valence-corrected chi connectivity index (χ2v) is 5.68. The Morgan fingerprint density at radius 2 is 2.05 bits per heavy atom. The Morgan fingerprint density at radius 1 is 1.26 bits per heavy atom. The lowest BCUT2D eigenvalue weighted by Gasteiger charge is -2.26. The SMILES string of the molecule is CCNC(c1cncc2ccccc12)C(C)C1CC1. The smallest absolute Gasteiger partial charge is 0.0370 e. The summed E-state index contributed by atoms with van der Waals surface area (Å²) in [5.41, 5.74) is 1.36. The second kappa shape index (κ2) is 5.30. The number of hydrogen-bond donors (Lipinski definition) is 1. The highest BCUT2D eigenvalue weighted by Crippen LogP contribution is 2.43. The summed E-state index contributed by atoms with van der Waals surface area (Å²) in [6, 6.07) is 9.00. The van der Waals surface area contributed by atoms with E-state index in [1.807, 2.05) is 6.20 Å². The van der Waals surface area contributed by atoms with Gasteiger partial charge in [-0.05, 0) is 42.2 Å². The third kappa shape index (κ3) is 2.50. The van der Waals surface area contributed by atoms with Gasteiger partial charge in [-0.1, -0.05) is 38.1 Å². The van der Waals surface area contributed by atoms with Gasteiger partial charge < -0.3 is 5.32 Å². The first-order valence-electron chi connectivity index (χ1n) is 7.37. The molecule has 1 heterocycles. The van der Waals surface area contributed by atoms with E-state index in [9.17, 15) is 0 Å². The van der Waals surface area contributed by atoms with Gasteiger partial charge in [0, 0.05) is 23.8 Å². The van der Waals surface area contributed by atoms with E-state index in [2.05, 4.69) is 54.6 Å². The lowest BCUT2D eigenvalue weighted by atomic mass is 9.89. The summed E-state index contributed by atoms with van der Waals surface area (Å²) in [5.74, 6) is 1.58. The molecule has 1 aliphatic carbocycles. The quantitative estimate of drug-likeness (QED) is 0.874. The minimum Gasteiger partial charge on any atom is -0.310 e. The highest BCUT2D eigenvalue weighted by atomic mass is 14.9. The number of nitrogens with zero attached hydrogens (tertiary/aromatic N) is 1. The van der Waals surface area contributed by atoms with E-state index in [0.29, 0.717) is 12.0 Å². The van der Waals surface area contributed by atoms with Crippen LogP contribution in [0.1, 0.15) is 38.3 Å². The van der Waals surface area contributed by atoms with Gasteiger partial charge in [-0.25, -0.2) is 0 Å². The van der Waals surface area contributed by atoms with Crippen LogP contribution in [0.5, 0.6) is 0 Å². The summed E-state index contributed by atoms with van der Waals surface area (Å²) < 4.78 is 0. The van der Waals surface area contributed by atoms with Crippen molar-refractivity contribution in [2.45, 2.75) is 32.7 Å². The summed E-state index contributed by atoms with van der Waals surface area (Å²) in [6.07, 6.45) is 6.79. The number of rotatable bonds is 5. The molecular weight excluding hydrogens is 232 g/mol. The molecule has 3 rings (SSSR count). The van der Waals surface area contributed by atoms with Gasteiger partial charge in [-0.3, -0.25) is 4.98 Å². The average Bonchev–Trinajstić information content (AvgIpc) is 3.28. The maximum Gasteiger partial charge on any atom is 0.0370 e. The van der Waals surface area contributed by atoms with Gasteiger partial charge in [-0.15, -0.1) is 0 Å². The lowest BCUT2D eigenvalue weighted by Crippen LogP contribution is -2.28. The third-order valence-electron chi connectivity index (χ3n) is 4.35.